The Morgan fingerprint density at radius 1 is 1.15 bits per heavy atom. The smallest absolute Gasteiger partial charge is 0.0594 e. The molecule has 0 unspecified atom stereocenters. The minimum Gasteiger partial charge on any atom is -0.379 e. The Hall–Kier alpha value is 0.970. The molecule has 5 heteroatoms. The van der Waals surface area contributed by atoms with E-state index in [1.54, 1.807) is 0 Å². The summed E-state index contributed by atoms with van der Waals surface area (Å²) in [5.74, 6) is 3.35. The van der Waals surface area contributed by atoms with Gasteiger partial charge in [0.2, 0.25) is 0 Å². The van der Waals surface area contributed by atoms with Gasteiger partial charge in [-0.1, -0.05) is 21.6 Å². The highest BCUT2D eigenvalue weighted by Crippen LogP contribution is 2.20. The Balaban J connectivity index is 1.86. The summed E-state index contributed by atoms with van der Waals surface area (Å²) in [7, 11) is 3.88. The van der Waals surface area contributed by atoms with Crippen molar-refractivity contribution in [2.24, 2.45) is 0 Å². The van der Waals surface area contributed by atoms with E-state index in [1.165, 1.54) is 12.3 Å². The van der Waals surface area contributed by atoms with Crippen LogP contribution in [-0.4, -0.2) is 55.0 Å². The van der Waals surface area contributed by atoms with E-state index in [2.05, 4.69) is 17.5 Å². The van der Waals surface area contributed by atoms with Crippen molar-refractivity contribution in [2.45, 2.75) is 0 Å². The topological polar surface area (TPSA) is 12.5 Å². The molecule has 1 aliphatic rings. The lowest BCUT2D eigenvalue weighted by molar-refractivity contribution is 0.0410. The monoisotopic (exact) mass is 239 g/mol. The van der Waals surface area contributed by atoms with Gasteiger partial charge in [0.1, 0.15) is 0 Å². The van der Waals surface area contributed by atoms with Crippen LogP contribution in [0.2, 0.25) is 0 Å². The molecule has 0 bridgehead atoms. The maximum atomic E-state index is 5.28. The Morgan fingerprint density at radius 2 is 1.85 bits per heavy atom. The highest BCUT2D eigenvalue weighted by atomic mass is 33.1. The van der Waals surface area contributed by atoms with E-state index in [1.807, 2.05) is 21.6 Å². The quantitative estimate of drug-likeness (QED) is 0.429. The van der Waals surface area contributed by atoms with Gasteiger partial charge in [-0.05, 0) is 0 Å². The molecule has 1 saturated heterocycles. The molecule has 0 saturated carbocycles. The first-order valence-corrected chi connectivity index (χ1v) is 7.71. The third kappa shape index (κ3) is 6.12. The number of rotatable bonds is 6. The largest absolute Gasteiger partial charge is 0.379 e. The zero-order valence-corrected chi connectivity index (χ0v) is 10.3. The molecule has 1 aliphatic heterocycles. The van der Waals surface area contributed by atoms with Crippen LogP contribution in [0.4, 0.5) is 0 Å². The second kappa shape index (κ2) is 8.29. The molecule has 0 N–H and O–H groups in total. The van der Waals surface area contributed by atoms with Crippen molar-refractivity contribution in [3.8, 4) is 0 Å². The van der Waals surface area contributed by atoms with Gasteiger partial charge in [-0.25, -0.2) is 0 Å². The first-order valence-electron chi connectivity index (χ1n) is 4.59. The number of thiol groups is 1. The maximum Gasteiger partial charge on any atom is 0.0594 e. The number of nitrogens with zero attached hydrogens (tertiary/aromatic N) is 1. The molecule has 1 rings (SSSR count). The van der Waals surface area contributed by atoms with E-state index in [9.17, 15) is 0 Å². The Morgan fingerprint density at radius 3 is 2.54 bits per heavy atom. The number of morpholine rings is 1. The highest BCUT2D eigenvalue weighted by molar-refractivity contribution is 8.76. The first kappa shape index (κ1) is 12.0. The molecule has 1 fully saturated rings. The molecule has 0 aromatic heterocycles. The molecule has 0 radical (unpaired) electrons. The minimum atomic E-state index is 0.911. The summed E-state index contributed by atoms with van der Waals surface area (Å²) in [6, 6.07) is 0. The van der Waals surface area contributed by atoms with Crippen LogP contribution in [0.25, 0.3) is 0 Å². The Labute approximate surface area is 94.0 Å². The number of hydrogen-bond acceptors (Lipinski definition) is 5. The summed E-state index contributed by atoms with van der Waals surface area (Å²) in [5.41, 5.74) is 0. The van der Waals surface area contributed by atoms with Crippen molar-refractivity contribution >= 4 is 34.2 Å². The first-order chi connectivity index (χ1) is 6.43. The second-order valence-corrected chi connectivity index (χ2v) is 5.97. The molecule has 1 heterocycles. The lowest BCUT2D eigenvalue weighted by atomic mass is 10.4. The minimum absolute atomic E-state index is 0.911. The molecule has 0 spiro atoms. The summed E-state index contributed by atoms with van der Waals surface area (Å²) in [5, 5.41) is 0. The van der Waals surface area contributed by atoms with E-state index in [0.29, 0.717) is 0 Å². The molecule has 2 nitrogen and oxygen atoms in total. The summed E-state index contributed by atoms with van der Waals surface area (Å²) in [4.78, 5) is 2.47. The van der Waals surface area contributed by atoms with Crippen molar-refractivity contribution < 1.29 is 4.74 Å². The molecule has 13 heavy (non-hydrogen) atoms. The van der Waals surface area contributed by atoms with Gasteiger partial charge in [0, 0.05) is 36.9 Å². The van der Waals surface area contributed by atoms with Gasteiger partial charge in [-0.2, -0.15) is 12.6 Å². The summed E-state index contributed by atoms with van der Waals surface area (Å²) in [6.07, 6.45) is 0. The molecule has 0 atom stereocenters. The molecule has 78 valence electrons. The van der Waals surface area contributed by atoms with Crippen LogP contribution >= 0.6 is 34.2 Å². The van der Waals surface area contributed by atoms with Crippen molar-refractivity contribution in [1.82, 2.24) is 4.90 Å². The van der Waals surface area contributed by atoms with E-state index >= 15 is 0 Å². The van der Waals surface area contributed by atoms with Crippen LogP contribution in [-0.2, 0) is 4.74 Å². The summed E-state index contributed by atoms with van der Waals surface area (Å²) >= 11 is 4.16. The molecule has 0 aliphatic carbocycles. The van der Waals surface area contributed by atoms with Gasteiger partial charge < -0.3 is 4.74 Å². The van der Waals surface area contributed by atoms with Crippen LogP contribution in [0.3, 0.4) is 0 Å². The summed E-state index contributed by atoms with van der Waals surface area (Å²) < 4.78 is 5.28. The molecular formula is C8H17NOS3. The third-order valence-electron chi connectivity index (χ3n) is 1.85. The maximum absolute atomic E-state index is 5.28. The van der Waals surface area contributed by atoms with Crippen molar-refractivity contribution in [2.75, 3.05) is 50.1 Å². The van der Waals surface area contributed by atoms with Gasteiger partial charge in [-0.3, -0.25) is 4.90 Å². The fraction of sp³-hybridized carbons (Fsp3) is 1.00. The van der Waals surface area contributed by atoms with E-state index in [-0.39, 0.29) is 0 Å². The van der Waals surface area contributed by atoms with Crippen LogP contribution in [0.15, 0.2) is 0 Å². The molecule has 0 aromatic carbocycles. The average molecular weight is 239 g/mol. The predicted octanol–water partition coefficient (Wildman–Crippen LogP) is 1.63. The highest BCUT2D eigenvalue weighted by Gasteiger charge is 2.08. The zero-order valence-electron chi connectivity index (χ0n) is 7.78. The standard InChI is InChI=1S/C8H17NOS3/c11-6-8-13-12-7-3-9-1-4-10-5-2-9/h11H,1-8H2. The lowest BCUT2D eigenvalue weighted by Crippen LogP contribution is -2.37. The van der Waals surface area contributed by atoms with Crippen LogP contribution < -0.4 is 0 Å². The van der Waals surface area contributed by atoms with Crippen LogP contribution in [0.5, 0.6) is 0 Å². The normalized spacial score (nSPS) is 19.2. The SMILES string of the molecule is SCCSSCCN1CCOCC1. The lowest BCUT2D eigenvalue weighted by Gasteiger charge is -2.26. The van der Waals surface area contributed by atoms with Gasteiger partial charge in [0.25, 0.3) is 0 Å². The van der Waals surface area contributed by atoms with Gasteiger partial charge >= 0.3 is 0 Å². The third-order valence-corrected chi connectivity index (χ3v) is 4.77. The Kier molecular flexibility index (Phi) is 7.68. The number of ether oxygens (including phenoxy) is 1. The number of hydrogen-bond donors (Lipinski definition) is 1. The van der Waals surface area contributed by atoms with Gasteiger partial charge in [0.15, 0.2) is 0 Å². The van der Waals surface area contributed by atoms with Crippen molar-refractivity contribution in [1.29, 1.82) is 0 Å². The zero-order chi connectivity index (χ0) is 9.36. The van der Waals surface area contributed by atoms with Crippen molar-refractivity contribution in [3.05, 3.63) is 0 Å². The fourth-order valence-corrected chi connectivity index (χ4v) is 3.61. The molecule has 0 amide bonds. The van der Waals surface area contributed by atoms with Crippen LogP contribution in [0.1, 0.15) is 0 Å². The van der Waals surface area contributed by atoms with E-state index in [0.717, 1.165) is 37.8 Å². The average Bonchev–Trinajstić information content (AvgIpc) is 2.19. The molecular weight excluding hydrogens is 222 g/mol. The van der Waals surface area contributed by atoms with E-state index in [4.69, 9.17) is 4.74 Å². The fourth-order valence-electron chi connectivity index (χ4n) is 1.15. The predicted molar refractivity (Wildman–Crippen MR) is 66.0 cm³/mol. The van der Waals surface area contributed by atoms with Crippen molar-refractivity contribution in [3.63, 3.8) is 0 Å². The molecule has 0 aromatic rings. The van der Waals surface area contributed by atoms with Gasteiger partial charge in [-0.15, -0.1) is 0 Å². The Bertz CT molecular complexity index is 120. The van der Waals surface area contributed by atoms with Crippen LogP contribution in [0, 0.1) is 0 Å². The van der Waals surface area contributed by atoms with E-state index < -0.39 is 0 Å². The second-order valence-electron chi connectivity index (χ2n) is 2.82. The summed E-state index contributed by atoms with van der Waals surface area (Å²) in [6.45, 7) is 5.24. The van der Waals surface area contributed by atoms with Gasteiger partial charge in [0.05, 0.1) is 13.2 Å².